The van der Waals surface area contributed by atoms with Crippen LogP contribution in [0.4, 0.5) is 0 Å². The second-order valence-corrected chi connectivity index (χ2v) is 9.44. The summed E-state index contributed by atoms with van der Waals surface area (Å²) in [6.45, 7) is 4.61. The zero-order valence-electron chi connectivity index (χ0n) is 16.3. The van der Waals surface area contributed by atoms with Gasteiger partial charge >= 0.3 is 8.80 Å². The first-order chi connectivity index (χ1) is 11.7. The van der Waals surface area contributed by atoms with Crippen LogP contribution in [0.5, 0.6) is 0 Å². The van der Waals surface area contributed by atoms with Gasteiger partial charge in [-0.15, -0.1) is 0 Å². The molecule has 1 rings (SSSR count). The summed E-state index contributed by atoms with van der Waals surface area (Å²) in [5, 5.41) is 1.02. The average Bonchev–Trinajstić information content (AvgIpc) is 2.63. The number of unbranched alkanes of at least 4 members (excludes halogenated alkanes) is 2. The Hall–Kier alpha value is -0.683. The molecular weight excluding hydrogens is 316 g/mol. The largest absolute Gasteiger partial charge is 0.536 e. The predicted octanol–water partition coefficient (Wildman–Crippen LogP) is 4.70. The van der Waals surface area contributed by atoms with Gasteiger partial charge in [0.15, 0.2) is 0 Å². The van der Waals surface area contributed by atoms with E-state index in [4.69, 9.17) is 13.3 Å². The Morgan fingerprint density at radius 1 is 0.833 bits per heavy atom. The number of rotatable bonds is 13. The van der Waals surface area contributed by atoms with E-state index in [1.165, 1.54) is 50.5 Å². The summed E-state index contributed by atoms with van der Waals surface area (Å²) in [6, 6.07) is 8.56. The Balaban J connectivity index is 2.49. The van der Waals surface area contributed by atoms with Gasteiger partial charge in [-0.2, -0.15) is 0 Å². The lowest BCUT2D eigenvalue weighted by Crippen LogP contribution is -2.54. The first-order valence-electron chi connectivity index (χ1n) is 9.40. The minimum Gasteiger partial charge on any atom is -0.373 e. The fourth-order valence-corrected chi connectivity index (χ4v) is 5.09. The molecule has 0 aliphatic carbocycles. The Morgan fingerprint density at radius 2 is 1.42 bits per heavy atom. The van der Waals surface area contributed by atoms with E-state index < -0.39 is 8.80 Å². The summed E-state index contributed by atoms with van der Waals surface area (Å²) >= 11 is 0. The summed E-state index contributed by atoms with van der Waals surface area (Å²) in [4.78, 5) is 0. The topological polar surface area (TPSA) is 27.7 Å². The highest BCUT2D eigenvalue weighted by Crippen LogP contribution is 2.20. The van der Waals surface area contributed by atoms with Gasteiger partial charge in [0, 0.05) is 26.5 Å². The van der Waals surface area contributed by atoms with Crippen LogP contribution < -0.4 is 5.19 Å². The monoisotopic (exact) mass is 352 g/mol. The molecule has 1 unspecified atom stereocenters. The summed E-state index contributed by atoms with van der Waals surface area (Å²) in [6.07, 6.45) is 10.5. The summed E-state index contributed by atoms with van der Waals surface area (Å²) in [5.74, 6) is 0.895. The molecule has 1 atom stereocenters. The number of hydrogen-bond acceptors (Lipinski definition) is 3. The Bertz CT molecular complexity index is 421. The van der Waals surface area contributed by atoms with Gasteiger partial charge in [0.1, 0.15) is 0 Å². The second kappa shape index (κ2) is 11.8. The Kier molecular flexibility index (Phi) is 10.5. The van der Waals surface area contributed by atoms with Crippen molar-refractivity contribution in [1.29, 1.82) is 0 Å². The third-order valence-corrected chi connectivity index (χ3v) is 7.64. The molecule has 0 aliphatic rings. The zero-order valence-corrected chi connectivity index (χ0v) is 17.3. The first kappa shape index (κ1) is 21.4. The highest BCUT2D eigenvalue weighted by molar-refractivity contribution is 6.75. The number of hydrogen-bond donors (Lipinski definition) is 0. The van der Waals surface area contributed by atoms with Crippen molar-refractivity contribution in [3.05, 3.63) is 29.8 Å². The van der Waals surface area contributed by atoms with E-state index >= 15 is 0 Å². The van der Waals surface area contributed by atoms with E-state index in [0.29, 0.717) is 0 Å². The molecule has 1 aromatic carbocycles. The van der Waals surface area contributed by atoms with Crippen molar-refractivity contribution < 1.29 is 13.3 Å². The highest BCUT2D eigenvalue weighted by atomic mass is 28.4. The highest BCUT2D eigenvalue weighted by Gasteiger charge is 2.40. The lowest BCUT2D eigenvalue weighted by atomic mass is 9.92. The first-order valence-corrected chi connectivity index (χ1v) is 11.1. The Labute approximate surface area is 150 Å². The maximum absolute atomic E-state index is 5.53. The van der Waals surface area contributed by atoms with Crippen LogP contribution in [0.15, 0.2) is 24.3 Å². The molecule has 0 amide bonds. The van der Waals surface area contributed by atoms with Crippen molar-refractivity contribution in [2.45, 2.75) is 65.2 Å². The van der Waals surface area contributed by atoms with E-state index in [2.05, 4.69) is 38.1 Å². The standard InChI is InChI=1S/C20H36O3Si/c1-6-8-9-11-18(7-2)12-10-13-19-14-16-20(17-15-19)24(21-3,22-4)23-5/h14-18H,6-13H2,1-5H3. The molecule has 0 aliphatic heterocycles. The SMILES string of the molecule is CCCCCC(CC)CCCc1ccc([Si](OC)(OC)OC)cc1. The van der Waals surface area contributed by atoms with E-state index in [-0.39, 0.29) is 0 Å². The van der Waals surface area contributed by atoms with Crippen molar-refractivity contribution in [2.24, 2.45) is 5.92 Å². The van der Waals surface area contributed by atoms with Crippen molar-refractivity contribution in [3.8, 4) is 0 Å². The van der Waals surface area contributed by atoms with E-state index in [0.717, 1.165) is 17.5 Å². The van der Waals surface area contributed by atoms with Gasteiger partial charge in [-0.25, -0.2) is 0 Å². The van der Waals surface area contributed by atoms with Crippen molar-refractivity contribution in [2.75, 3.05) is 21.3 Å². The van der Waals surface area contributed by atoms with E-state index in [1.807, 2.05) is 0 Å². The molecular formula is C20H36O3Si. The molecule has 0 aromatic heterocycles. The maximum Gasteiger partial charge on any atom is 0.536 e. The van der Waals surface area contributed by atoms with E-state index in [9.17, 15) is 0 Å². The molecule has 24 heavy (non-hydrogen) atoms. The third-order valence-electron chi connectivity index (χ3n) is 4.98. The van der Waals surface area contributed by atoms with E-state index in [1.54, 1.807) is 21.3 Å². The average molecular weight is 353 g/mol. The van der Waals surface area contributed by atoms with Gasteiger partial charge in [0.25, 0.3) is 0 Å². The molecule has 0 saturated heterocycles. The minimum absolute atomic E-state index is 0.895. The molecule has 0 spiro atoms. The number of aryl methyl sites for hydroxylation is 1. The van der Waals surface area contributed by atoms with Gasteiger partial charge < -0.3 is 13.3 Å². The van der Waals surface area contributed by atoms with Crippen LogP contribution >= 0.6 is 0 Å². The summed E-state index contributed by atoms with van der Waals surface area (Å²) in [5.41, 5.74) is 1.38. The van der Waals surface area contributed by atoms with Crippen LogP contribution in [0.2, 0.25) is 0 Å². The van der Waals surface area contributed by atoms with Crippen LogP contribution in [-0.2, 0) is 19.7 Å². The van der Waals surface area contributed by atoms with Gasteiger partial charge in [-0.1, -0.05) is 76.6 Å². The molecule has 0 bridgehead atoms. The van der Waals surface area contributed by atoms with Gasteiger partial charge in [-0.3, -0.25) is 0 Å². The lowest BCUT2D eigenvalue weighted by Gasteiger charge is -2.24. The molecule has 0 fully saturated rings. The maximum atomic E-state index is 5.53. The third kappa shape index (κ3) is 6.32. The van der Waals surface area contributed by atoms with Gasteiger partial charge in [0.05, 0.1) is 0 Å². The van der Waals surface area contributed by atoms with Crippen LogP contribution in [0.3, 0.4) is 0 Å². The van der Waals surface area contributed by atoms with Crippen molar-refractivity contribution in [3.63, 3.8) is 0 Å². The van der Waals surface area contributed by atoms with Crippen LogP contribution in [0.1, 0.15) is 64.4 Å². The molecule has 0 radical (unpaired) electrons. The molecule has 138 valence electrons. The van der Waals surface area contributed by atoms with Crippen molar-refractivity contribution in [1.82, 2.24) is 0 Å². The fourth-order valence-electron chi connectivity index (χ4n) is 3.31. The van der Waals surface area contributed by atoms with Crippen molar-refractivity contribution >= 4 is 14.0 Å². The van der Waals surface area contributed by atoms with Crippen LogP contribution in [-0.4, -0.2) is 30.1 Å². The fraction of sp³-hybridized carbons (Fsp3) is 0.700. The van der Waals surface area contributed by atoms with Crippen LogP contribution in [0, 0.1) is 5.92 Å². The summed E-state index contributed by atoms with van der Waals surface area (Å²) < 4.78 is 16.6. The lowest BCUT2D eigenvalue weighted by molar-refractivity contribution is 0.140. The molecule has 0 saturated carbocycles. The molecule has 3 nitrogen and oxygen atoms in total. The quantitative estimate of drug-likeness (QED) is 0.380. The normalized spacial score (nSPS) is 13.2. The molecule has 0 heterocycles. The predicted molar refractivity (Wildman–Crippen MR) is 104 cm³/mol. The molecule has 4 heteroatoms. The van der Waals surface area contributed by atoms with Crippen LogP contribution in [0.25, 0.3) is 0 Å². The number of benzene rings is 1. The zero-order chi connectivity index (χ0) is 17.8. The second-order valence-electron chi connectivity index (χ2n) is 6.53. The minimum atomic E-state index is -2.69. The molecule has 1 aromatic rings. The molecule has 0 N–H and O–H groups in total. The van der Waals surface area contributed by atoms with Gasteiger partial charge in [-0.05, 0) is 24.3 Å². The summed E-state index contributed by atoms with van der Waals surface area (Å²) in [7, 11) is 2.26. The Morgan fingerprint density at radius 3 is 1.92 bits per heavy atom. The smallest absolute Gasteiger partial charge is 0.373 e. The van der Waals surface area contributed by atoms with Gasteiger partial charge in [0.2, 0.25) is 0 Å².